The first-order chi connectivity index (χ1) is 8.65. The molecule has 0 aromatic heterocycles. The van der Waals surface area contributed by atoms with Crippen LogP contribution in [0.25, 0.3) is 0 Å². The van der Waals surface area contributed by atoms with Crippen molar-refractivity contribution in [1.82, 2.24) is 14.5 Å². The van der Waals surface area contributed by atoms with Crippen LogP contribution in [-0.4, -0.2) is 52.7 Å². The summed E-state index contributed by atoms with van der Waals surface area (Å²) in [5.74, 6) is 0. The summed E-state index contributed by atoms with van der Waals surface area (Å²) in [5, 5.41) is 0. The van der Waals surface area contributed by atoms with Crippen LogP contribution in [0.2, 0.25) is 0 Å². The number of piperazine rings is 1. The molecule has 0 aromatic carbocycles. The standard InChI is InChI=1S/C12H23N3O3S/c1-8-6-14(11(17)18-12(3,4)5)7-9(2)15(8)10(16)13-19/h8-9,19H,6-7H2,1-5H3,(H,13,16)/t8-,9-/m0/s1. The van der Waals surface area contributed by atoms with Gasteiger partial charge in [0.25, 0.3) is 0 Å². The molecule has 1 N–H and O–H groups in total. The second-order valence-corrected chi connectivity index (χ2v) is 6.13. The van der Waals surface area contributed by atoms with Crippen LogP contribution in [0.15, 0.2) is 0 Å². The predicted octanol–water partition coefficient (Wildman–Crippen LogP) is 1.87. The lowest BCUT2D eigenvalue weighted by Gasteiger charge is -2.43. The molecule has 0 unspecified atom stereocenters. The molecule has 1 heterocycles. The average Bonchev–Trinajstić information content (AvgIpc) is 2.25. The molecule has 0 radical (unpaired) electrons. The molecule has 0 spiro atoms. The highest BCUT2D eigenvalue weighted by Crippen LogP contribution is 2.18. The van der Waals surface area contributed by atoms with Gasteiger partial charge in [-0.3, -0.25) is 4.72 Å². The van der Waals surface area contributed by atoms with Crippen molar-refractivity contribution in [3.8, 4) is 0 Å². The Morgan fingerprint density at radius 3 is 2.05 bits per heavy atom. The van der Waals surface area contributed by atoms with E-state index in [1.165, 1.54) is 0 Å². The molecular weight excluding hydrogens is 266 g/mol. The summed E-state index contributed by atoms with van der Waals surface area (Å²) in [4.78, 5) is 27.0. The Morgan fingerprint density at radius 2 is 1.68 bits per heavy atom. The molecule has 0 bridgehead atoms. The Bertz CT molecular complexity index is 345. The highest BCUT2D eigenvalue weighted by atomic mass is 32.1. The van der Waals surface area contributed by atoms with Crippen molar-refractivity contribution < 1.29 is 14.3 Å². The lowest BCUT2D eigenvalue weighted by Crippen LogP contribution is -2.61. The fraction of sp³-hybridized carbons (Fsp3) is 0.833. The van der Waals surface area contributed by atoms with Crippen molar-refractivity contribution in [1.29, 1.82) is 0 Å². The first-order valence-corrected chi connectivity index (χ1v) is 6.80. The fourth-order valence-electron chi connectivity index (χ4n) is 2.26. The van der Waals surface area contributed by atoms with Crippen molar-refractivity contribution in [2.45, 2.75) is 52.3 Å². The molecule has 2 atom stereocenters. The smallest absolute Gasteiger partial charge is 0.410 e. The maximum atomic E-state index is 12.0. The minimum absolute atomic E-state index is 0.0802. The molecule has 1 fully saturated rings. The Balaban J connectivity index is 2.69. The van der Waals surface area contributed by atoms with Crippen molar-refractivity contribution in [3.05, 3.63) is 0 Å². The summed E-state index contributed by atoms with van der Waals surface area (Å²) in [7, 11) is 0. The molecule has 110 valence electrons. The van der Waals surface area contributed by atoms with Crippen LogP contribution < -0.4 is 4.72 Å². The van der Waals surface area contributed by atoms with Gasteiger partial charge in [0.2, 0.25) is 0 Å². The lowest BCUT2D eigenvalue weighted by molar-refractivity contribution is 0.00162. The molecule has 1 rings (SSSR count). The first-order valence-electron chi connectivity index (χ1n) is 6.36. The zero-order valence-corrected chi connectivity index (χ0v) is 13.0. The maximum Gasteiger partial charge on any atom is 0.410 e. The summed E-state index contributed by atoms with van der Waals surface area (Å²) in [6.07, 6.45) is -0.336. The van der Waals surface area contributed by atoms with E-state index in [0.717, 1.165) is 0 Å². The van der Waals surface area contributed by atoms with Crippen LogP contribution >= 0.6 is 12.8 Å². The number of thiol groups is 1. The molecule has 1 saturated heterocycles. The maximum absolute atomic E-state index is 12.0. The number of amides is 3. The number of rotatable bonds is 0. The third-order valence-electron chi connectivity index (χ3n) is 2.90. The SMILES string of the molecule is C[C@H]1CN(C(=O)OC(C)(C)C)C[C@H](C)N1C(=O)NS. The molecule has 0 saturated carbocycles. The van der Waals surface area contributed by atoms with Crippen molar-refractivity contribution >= 4 is 24.9 Å². The van der Waals surface area contributed by atoms with E-state index in [1.54, 1.807) is 9.80 Å². The zero-order chi connectivity index (χ0) is 14.8. The highest BCUT2D eigenvalue weighted by Gasteiger charge is 2.36. The van der Waals surface area contributed by atoms with E-state index >= 15 is 0 Å². The Hall–Kier alpha value is -1.11. The number of ether oxygens (including phenoxy) is 1. The van der Waals surface area contributed by atoms with Gasteiger partial charge in [0.05, 0.1) is 0 Å². The van der Waals surface area contributed by atoms with Gasteiger partial charge in [0, 0.05) is 25.2 Å². The van der Waals surface area contributed by atoms with Crippen LogP contribution in [0.3, 0.4) is 0 Å². The number of hydrogen-bond donors (Lipinski definition) is 2. The van der Waals surface area contributed by atoms with E-state index < -0.39 is 5.60 Å². The van der Waals surface area contributed by atoms with Crippen LogP contribution in [-0.2, 0) is 4.74 Å². The molecule has 1 aliphatic heterocycles. The van der Waals surface area contributed by atoms with Crippen LogP contribution in [0, 0.1) is 0 Å². The van der Waals surface area contributed by atoms with Gasteiger partial charge in [-0.25, -0.2) is 9.59 Å². The van der Waals surface area contributed by atoms with Crippen LogP contribution in [0.1, 0.15) is 34.6 Å². The number of carbonyl (C=O) groups excluding carboxylic acids is 2. The third-order valence-corrected chi connectivity index (χ3v) is 3.09. The molecular formula is C12H23N3O3S. The number of urea groups is 1. The van der Waals surface area contributed by atoms with E-state index in [4.69, 9.17) is 4.74 Å². The van der Waals surface area contributed by atoms with Gasteiger partial charge in [-0.05, 0) is 34.6 Å². The topological polar surface area (TPSA) is 61.9 Å². The lowest BCUT2D eigenvalue weighted by atomic mass is 10.1. The van der Waals surface area contributed by atoms with Gasteiger partial charge < -0.3 is 14.5 Å². The monoisotopic (exact) mass is 289 g/mol. The van der Waals surface area contributed by atoms with E-state index in [-0.39, 0.29) is 24.2 Å². The zero-order valence-electron chi connectivity index (χ0n) is 12.1. The highest BCUT2D eigenvalue weighted by molar-refractivity contribution is 7.78. The molecule has 3 amide bonds. The molecule has 0 aliphatic carbocycles. The summed E-state index contributed by atoms with van der Waals surface area (Å²) in [6, 6.07) is -0.404. The minimum atomic E-state index is -0.511. The minimum Gasteiger partial charge on any atom is -0.444 e. The number of nitrogens with zero attached hydrogens (tertiary/aromatic N) is 2. The summed E-state index contributed by atoms with van der Waals surface area (Å²) < 4.78 is 7.67. The van der Waals surface area contributed by atoms with Gasteiger partial charge in [-0.15, -0.1) is 0 Å². The van der Waals surface area contributed by atoms with Crippen molar-refractivity contribution in [2.24, 2.45) is 0 Å². The predicted molar refractivity (Wildman–Crippen MR) is 76.1 cm³/mol. The number of hydrogen-bond acceptors (Lipinski definition) is 4. The van der Waals surface area contributed by atoms with Crippen LogP contribution in [0.5, 0.6) is 0 Å². The van der Waals surface area contributed by atoms with E-state index in [1.807, 2.05) is 34.6 Å². The summed E-state index contributed by atoms with van der Waals surface area (Å²) in [5.41, 5.74) is -0.511. The third kappa shape index (κ3) is 4.19. The summed E-state index contributed by atoms with van der Waals surface area (Å²) in [6.45, 7) is 10.2. The van der Waals surface area contributed by atoms with Gasteiger partial charge in [0.15, 0.2) is 0 Å². The molecule has 6 nitrogen and oxygen atoms in total. The largest absolute Gasteiger partial charge is 0.444 e. The fourth-order valence-corrected chi connectivity index (χ4v) is 2.37. The van der Waals surface area contributed by atoms with Gasteiger partial charge in [-0.2, -0.15) is 0 Å². The van der Waals surface area contributed by atoms with Crippen LogP contribution in [0.4, 0.5) is 9.59 Å². The quantitative estimate of drug-likeness (QED) is 0.669. The summed E-state index contributed by atoms with van der Waals surface area (Å²) >= 11 is 3.78. The Morgan fingerprint density at radius 1 is 1.21 bits per heavy atom. The number of nitrogens with one attached hydrogen (secondary N) is 1. The van der Waals surface area contributed by atoms with Gasteiger partial charge in [0.1, 0.15) is 5.60 Å². The van der Waals surface area contributed by atoms with Gasteiger partial charge in [-0.1, -0.05) is 12.8 Å². The molecule has 1 aliphatic rings. The molecule has 0 aromatic rings. The average molecular weight is 289 g/mol. The van der Waals surface area contributed by atoms with E-state index in [0.29, 0.717) is 13.1 Å². The normalized spacial score (nSPS) is 24.1. The Labute approximate surface area is 120 Å². The number of carbonyl (C=O) groups is 2. The first kappa shape index (κ1) is 15.9. The second kappa shape index (κ2) is 5.90. The van der Waals surface area contributed by atoms with Crippen molar-refractivity contribution in [2.75, 3.05) is 13.1 Å². The van der Waals surface area contributed by atoms with E-state index in [2.05, 4.69) is 17.5 Å². The Kier molecular flexibility index (Phi) is 4.95. The van der Waals surface area contributed by atoms with Gasteiger partial charge >= 0.3 is 12.1 Å². The molecule has 7 heteroatoms. The van der Waals surface area contributed by atoms with E-state index in [9.17, 15) is 9.59 Å². The van der Waals surface area contributed by atoms with Crippen molar-refractivity contribution in [3.63, 3.8) is 0 Å². The molecule has 19 heavy (non-hydrogen) atoms. The second-order valence-electron chi connectivity index (χ2n) is 5.91.